The molecule has 0 aliphatic heterocycles. The topological polar surface area (TPSA) is 90.4 Å². The van der Waals surface area contributed by atoms with Crippen LogP contribution < -0.4 is 5.56 Å². The molecule has 0 amide bonds. The zero-order valence-electron chi connectivity index (χ0n) is 15.9. The van der Waals surface area contributed by atoms with Gasteiger partial charge in [0.05, 0.1) is 26.9 Å². The van der Waals surface area contributed by atoms with Crippen LogP contribution in [0.5, 0.6) is 0 Å². The van der Waals surface area contributed by atoms with E-state index < -0.39 is 4.92 Å². The maximum absolute atomic E-state index is 12.5. The third-order valence-corrected chi connectivity index (χ3v) is 5.48. The van der Waals surface area contributed by atoms with Gasteiger partial charge in [-0.1, -0.05) is 47.7 Å². The first-order valence-corrected chi connectivity index (χ1v) is 9.86. The first-order chi connectivity index (χ1) is 14.5. The molecular formula is C22H16N4O3S. The van der Waals surface area contributed by atoms with Gasteiger partial charge in [0.15, 0.2) is 0 Å². The molecule has 0 N–H and O–H groups in total. The minimum atomic E-state index is -0.419. The zero-order valence-corrected chi connectivity index (χ0v) is 16.7. The van der Waals surface area contributed by atoms with E-state index in [2.05, 4.69) is 10.1 Å². The highest BCUT2D eigenvalue weighted by atomic mass is 32.2. The molecule has 1 heterocycles. The van der Waals surface area contributed by atoms with Crippen molar-refractivity contribution in [3.63, 3.8) is 0 Å². The van der Waals surface area contributed by atoms with E-state index in [1.54, 1.807) is 36.4 Å². The molecule has 0 bridgehead atoms. The van der Waals surface area contributed by atoms with Crippen molar-refractivity contribution in [3.8, 4) is 0 Å². The summed E-state index contributed by atoms with van der Waals surface area (Å²) in [6, 6.07) is 19.6. The lowest BCUT2D eigenvalue weighted by molar-refractivity contribution is -0.387. The van der Waals surface area contributed by atoms with Crippen LogP contribution >= 0.6 is 11.8 Å². The largest absolute Gasteiger partial charge is 0.283 e. The first kappa shape index (κ1) is 19.5. The van der Waals surface area contributed by atoms with Crippen molar-refractivity contribution in [3.05, 3.63) is 105 Å². The van der Waals surface area contributed by atoms with Gasteiger partial charge < -0.3 is 0 Å². The normalized spacial score (nSPS) is 11.2. The summed E-state index contributed by atoms with van der Waals surface area (Å²) in [5.41, 5.74) is 1.89. The molecule has 4 aromatic rings. The van der Waals surface area contributed by atoms with Crippen LogP contribution in [0.4, 0.5) is 5.69 Å². The number of aromatic nitrogens is 2. The molecule has 0 atom stereocenters. The average molecular weight is 416 g/mol. The predicted molar refractivity (Wildman–Crippen MR) is 117 cm³/mol. The summed E-state index contributed by atoms with van der Waals surface area (Å²) >= 11 is 1.33. The van der Waals surface area contributed by atoms with E-state index >= 15 is 0 Å². The number of hydrogen-bond donors (Lipinski definition) is 0. The second-order valence-corrected chi connectivity index (χ2v) is 7.67. The van der Waals surface area contributed by atoms with E-state index in [1.807, 2.05) is 31.2 Å². The van der Waals surface area contributed by atoms with Crippen LogP contribution in [0.2, 0.25) is 0 Å². The molecule has 0 spiro atoms. The molecular weight excluding hydrogens is 400 g/mol. The summed E-state index contributed by atoms with van der Waals surface area (Å²) in [6.07, 6.45) is 2.74. The van der Waals surface area contributed by atoms with Gasteiger partial charge in [-0.05, 0) is 37.3 Å². The summed E-state index contributed by atoms with van der Waals surface area (Å²) < 4.78 is 1.11. The van der Waals surface area contributed by atoms with Crippen LogP contribution in [0.25, 0.3) is 10.9 Å². The molecule has 0 fully saturated rings. The van der Waals surface area contributed by atoms with E-state index in [9.17, 15) is 14.9 Å². The number of nitrogens with zero attached hydrogens (tertiary/aromatic N) is 4. The summed E-state index contributed by atoms with van der Waals surface area (Å²) in [5.74, 6) is 0. The molecule has 30 heavy (non-hydrogen) atoms. The number of fused-ring (bicyclic) bond motifs is 1. The summed E-state index contributed by atoms with van der Waals surface area (Å²) in [7, 11) is 0. The average Bonchev–Trinajstić information content (AvgIpc) is 2.75. The maximum atomic E-state index is 12.5. The molecule has 0 saturated heterocycles. The zero-order chi connectivity index (χ0) is 21.1. The Hall–Kier alpha value is -3.78. The predicted octanol–water partition coefficient (Wildman–Crippen LogP) is 4.65. The SMILES string of the molecule is Cc1ccc(Sc2ccc(/C=N/n3cnc4ccccc4c3=O)cc2[N+](=O)[O-])cc1. The number of benzene rings is 3. The molecule has 3 aromatic carbocycles. The summed E-state index contributed by atoms with van der Waals surface area (Å²) in [4.78, 5) is 29.3. The fourth-order valence-electron chi connectivity index (χ4n) is 2.85. The van der Waals surface area contributed by atoms with Crippen LogP contribution in [0.3, 0.4) is 0 Å². The minimum Gasteiger partial charge on any atom is -0.267 e. The molecule has 148 valence electrons. The summed E-state index contributed by atoms with van der Waals surface area (Å²) in [6.45, 7) is 1.99. The highest BCUT2D eigenvalue weighted by molar-refractivity contribution is 7.99. The Kier molecular flexibility index (Phi) is 5.40. The van der Waals surface area contributed by atoms with E-state index in [0.29, 0.717) is 21.4 Å². The standard InChI is InChI=1S/C22H16N4O3S/c1-15-6-9-17(10-7-15)30-21-11-8-16(12-20(21)26(28)29)13-24-25-14-23-19-5-3-2-4-18(19)22(25)27/h2-14H,1H3/b24-13+. The Morgan fingerprint density at radius 1 is 1.10 bits per heavy atom. The number of para-hydroxylation sites is 1. The van der Waals surface area contributed by atoms with Crippen molar-refractivity contribution in [2.45, 2.75) is 16.7 Å². The van der Waals surface area contributed by atoms with Crippen molar-refractivity contribution in [1.82, 2.24) is 9.66 Å². The fourth-order valence-corrected chi connectivity index (χ4v) is 3.75. The lowest BCUT2D eigenvalue weighted by Gasteiger charge is -2.05. The highest BCUT2D eigenvalue weighted by Crippen LogP contribution is 2.35. The van der Waals surface area contributed by atoms with Crippen molar-refractivity contribution in [2.75, 3.05) is 0 Å². The minimum absolute atomic E-state index is 0.0199. The molecule has 0 saturated carbocycles. The molecule has 0 aliphatic rings. The van der Waals surface area contributed by atoms with Gasteiger partial charge in [-0.2, -0.15) is 9.78 Å². The van der Waals surface area contributed by atoms with Crippen LogP contribution in [0.15, 0.2) is 92.7 Å². The van der Waals surface area contributed by atoms with Gasteiger partial charge in [0.25, 0.3) is 11.2 Å². The molecule has 0 radical (unpaired) electrons. The fraction of sp³-hybridized carbons (Fsp3) is 0.0455. The molecule has 4 rings (SSSR count). The third kappa shape index (κ3) is 4.13. The Morgan fingerprint density at radius 2 is 1.87 bits per heavy atom. The molecule has 8 heteroatoms. The monoisotopic (exact) mass is 416 g/mol. The van der Waals surface area contributed by atoms with Gasteiger partial charge in [0.1, 0.15) is 6.33 Å². The molecule has 1 aromatic heterocycles. The number of hydrogen-bond acceptors (Lipinski definition) is 6. The summed E-state index contributed by atoms with van der Waals surface area (Å²) in [5, 5.41) is 16.2. The van der Waals surface area contributed by atoms with Gasteiger partial charge >= 0.3 is 0 Å². The first-order valence-electron chi connectivity index (χ1n) is 9.05. The number of nitro groups is 1. The van der Waals surface area contributed by atoms with E-state index in [4.69, 9.17) is 0 Å². The Labute approximate surface area is 175 Å². The van der Waals surface area contributed by atoms with Crippen molar-refractivity contribution < 1.29 is 4.92 Å². The van der Waals surface area contributed by atoms with Crippen LogP contribution in [0.1, 0.15) is 11.1 Å². The molecule has 7 nitrogen and oxygen atoms in total. The van der Waals surface area contributed by atoms with Gasteiger partial charge in [0.2, 0.25) is 0 Å². The number of aryl methyl sites for hydroxylation is 1. The Morgan fingerprint density at radius 3 is 2.63 bits per heavy atom. The second kappa shape index (κ2) is 8.30. The van der Waals surface area contributed by atoms with Crippen molar-refractivity contribution in [1.29, 1.82) is 0 Å². The van der Waals surface area contributed by atoms with Gasteiger partial charge in [-0.25, -0.2) is 4.98 Å². The quantitative estimate of drug-likeness (QED) is 0.268. The molecule has 0 aliphatic carbocycles. The van der Waals surface area contributed by atoms with Gasteiger partial charge in [-0.15, -0.1) is 0 Å². The van der Waals surface area contributed by atoms with E-state index in [1.165, 1.54) is 30.4 Å². The highest BCUT2D eigenvalue weighted by Gasteiger charge is 2.15. The Bertz CT molecular complexity index is 1330. The van der Waals surface area contributed by atoms with Crippen molar-refractivity contribution in [2.24, 2.45) is 5.10 Å². The molecule has 0 unspecified atom stereocenters. The van der Waals surface area contributed by atoms with Gasteiger partial charge in [0, 0.05) is 16.5 Å². The number of nitro benzene ring substituents is 1. The number of rotatable bonds is 5. The third-order valence-electron chi connectivity index (χ3n) is 4.41. The van der Waals surface area contributed by atoms with E-state index in [-0.39, 0.29) is 11.2 Å². The van der Waals surface area contributed by atoms with Crippen LogP contribution in [-0.2, 0) is 0 Å². The lowest BCUT2D eigenvalue weighted by Crippen LogP contribution is -2.16. The maximum Gasteiger partial charge on any atom is 0.283 e. The van der Waals surface area contributed by atoms with E-state index in [0.717, 1.165) is 15.1 Å². The Balaban J connectivity index is 1.64. The lowest BCUT2D eigenvalue weighted by atomic mass is 10.2. The van der Waals surface area contributed by atoms with Gasteiger partial charge in [-0.3, -0.25) is 14.9 Å². The second-order valence-electron chi connectivity index (χ2n) is 6.56. The van der Waals surface area contributed by atoms with Crippen LogP contribution in [-0.4, -0.2) is 20.8 Å². The smallest absolute Gasteiger partial charge is 0.267 e. The van der Waals surface area contributed by atoms with Crippen LogP contribution in [0, 0.1) is 17.0 Å². The van der Waals surface area contributed by atoms with Crippen molar-refractivity contribution >= 4 is 34.6 Å².